The minimum absolute atomic E-state index is 0.572. The average Bonchev–Trinajstić information content (AvgIpc) is 3.01. The quantitative estimate of drug-likeness (QED) is 0.803. The fraction of sp³-hybridized carbons (Fsp3) is 0.800. The molecule has 0 atom stereocenters. The van der Waals surface area contributed by atoms with Crippen molar-refractivity contribution in [2.24, 2.45) is 5.41 Å². The minimum Gasteiger partial charge on any atom is -0.334 e. The standard InChI is InChI=1S/C15H27N3/c1-3-10-18-11-9-17-14(18)12-16-13-15(4-2)7-5-6-8-15/h9,11,16H,3-8,10,12-13H2,1-2H3. The van der Waals surface area contributed by atoms with Crippen LogP contribution in [0.15, 0.2) is 12.4 Å². The lowest BCUT2D eigenvalue weighted by molar-refractivity contribution is 0.266. The molecule has 1 saturated carbocycles. The van der Waals surface area contributed by atoms with Crippen LogP contribution >= 0.6 is 0 Å². The van der Waals surface area contributed by atoms with Gasteiger partial charge in [0.2, 0.25) is 0 Å². The predicted octanol–water partition coefficient (Wildman–Crippen LogP) is 3.35. The Morgan fingerprint density at radius 1 is 1.33 bits per heavy atom. The number of rotatable bonds is 7. The molecule has 1 fully saturated rings. The maximum Gasteiger partial charge on any atom is 0.122 e. The molecule has 1 N–H and O–H groups in total. The lowest BCUT2D eigenvalue weighted by Gasteiger charge is -2.27. The number of hydrogen-bond acceptors (Lipinski definition) is 2. The Hall–Kier alpha value is -0.830. The zero-order chi connectivity index (χ0) is 12.8. The van der Waals surface area contributed by atoms with Crippen LogP contribution in [-0.4, -0.2) is 16.1 Å². The first-order valence-electron chi connectivity index (χ1n) is 7.50. The lowest BCUT2D eigenvalue weighted by Crippen LogP contribution is -2.32. The summed E-state index contributed by atoms with van der Waals surface area (Å²) >= 11 is 0. The largest absolute Gasteiger partial charge is 0.334 e. The van der Waals surface area contributed by atoms with Gasteiger partial charge in [0.25, 0.3) is 0 Å². The van der Waals surface area contributed by atoms with E-state index in [-0.39, 0.29) is 0 Å². The first-order valence-corrected chi connectivity index (χ1v) is 7.50. The third-order valence-electron chi connectivity index (χ3n) is 4.46. The second-order valence-corrected chi connectivity index (χ2v) is 5.70. The molecule has 1 aliphatic rings. The van der Waals surface area contributed by atoms with Crippen LogP contribution in [0.25, 0.3) is 0 Å². The van der Waals surface area contributed by atoms with Crippen molar-refractivity contribution in [3.05, 3.63) is 18.2 Å². The molecule has 102 valence electrons. The summed E-state index contributed by atoms with van der Waals surface area (Å²) in [6.45, 7) is 7.69. The average molecular weight is 249 g/mol. The summed E-state index contributed by atoms with van der Waals surface area (Å²) in [4.78, 5) is 4.45. The van der Waals surface area contributed by atoms with Gasteiger partial charge < -0.3 is 9.88 Å². The van der Waals surface area contributed by atoms with E-state index in [0.717, 1.165) is 19.6 Å². The van der Waals surface area contributed by atoms with E-state index >= 15 is 0 Å². The van der Waals surface area contributed by atoms with E-state index in [1.807, 2.05) is 6.20 Å². The van der Waals surface area contributed by atoms with Gasteiger partial charge in [-0.15, -0.1) is 0 Å². The number of aryl methyl sites for hydroxylation is 1. The van der Waals surface area contributed by atoms with Crippen molar-refractivity contribution in [2.45, 2.75) is 65.5 Å². The summed E-state index contributed by atoms with van der Waals surface area (Å²) in [5.74, 6) is 1.18. The molecular formula is C15H27N3. The molecule has 1 aliphatic carbocycles. The summed E-state index contributed by atoms with van der Waals surface area (Å²) < 4.78 is 2.26. The van der Waals surface area contributed by atoms with E-state index in [1.165, 1.54) is 44.3 Å². The van der Waals surface area contributed by atoms with Crippen LogP contribution in [0.4, 0.5) is 0 Å². The van der Waals surface area contributed by atoms with Gasteiger partial charge in [0.15, 0.2) is 0 Å². The highest BCUT2D eigenvalue weighted by atomic mass is 15.1. The van der Waals surface area contributed by atoms with E-state index in [0.29, 0.717) is 5.41 Å². The van der Waals surface area contributed by atoms with Crippen LogP contribution in [0.2, 0.25) is 0 Å². The van der Waals surface area contributed by atoms with E-state index in [4.69, 9.17) is 0 Å². The van der Waals surface area contributed by atoms with Gasteiger partial charge in [-0.3, -0.25) is 0 Å². The number of aromatic nitrogens is 2. The first-order chi connectivity index (χ1) is 8.79. The van der Waals surface area contributed by atoms with Crippen molar-refractivity contribution in [1.29, 1.82) is 0 Å². The molecular weight excluding hydrogens is 222 g/mol. The molecule has 18 heavy (non-hydrogen) atoms. The van der Waals surface area contributed by atoms with Crippen LogP contribution in [0.1, 0.15) is 58.2 Å². The van der Waals surface area contributed by atoms with Crippen molar-refractivity contribution >= 4 is 0 Å². The summed E-state index contributed by atoms with van der Waals surface area (Å²) in [5.41, 5.74) is 0.572. The second-order valence-electron chi connectivity index (χ2n) is 5.70. The van der Waals surface area contributed by atoms with Gasteiger partial charge in [-0.1, -0.05) is 26.7 Å². The van der Waals surface area contributed by atoms with Crippen molar-refractivity contribution in [3.63, 3.8) is 0 Å². The van der Waals surface area contributed by atoms with Gasteiger partial charge in [-0.25, -0.2) is 4.98 Å². The minimum atomic E-state index is 0.572. The smallest absolute Gasteiger partial charge is 0.122 e. The maximum absolute atomic E-state index is 4.45. The van der Waals surface area contributed by atoms with Crippen LogP contribution in [0, 0.1) is 5.41 Å². The molecule has 0 spiro atoms. The Labute approximate surface area is 111 Å². The van der Waals surface area contributed by atoms with Crippen molar-refractivity contribution in [2.75, 3.05) is 6.54 Å². The Morgan fingerprint density at radius 2 is 2.11 bits per heavy atom. The van der Waals surface area contributed by atoms with Gasteiger partial charge in [-0.2, -0.15) is 0 Å². The molecule has 1 aromatic rings. The van der Waals surface area contributed by atoms with E-state index < -0.39 is 0 Å². The number of nitrogens with zero attached hydrogens (tertiary/aromatic N) is 2. The lowest BCUT2D eigenvalue weighted by atomic mass is 9.83. The normalized spacial score (nSPS) is 18.3. The number of hydrogen-bond donors (Lipinski definition) is 1. The third kappa shape index (κ3) is 3.14. The third-order valence-corrected chi connectivity index (χ3v) is 4.46. The highest BCUT2D eigenvalue weighted by molar-refractivity contribution is 4.93. The van der Waals surface area contributed by atoms with Gasteiger partial charge in [0.05, 0.1) is 6.54 Å². The van der Waals surface area contributed by atoms with Gasteiger partial charge in [0.1, 0.15) is 5.82 Å². The molecule has 0 amide bonds. The fourth-order valence-electron chi connectivity index (χ4n) is 3.17. The van der Waals surface area contributed by atoms with E-state index in [9.17, 15) is 0 Å². The molecule has 3 heteroatoms. The fourth-order valence-corrected chi connectivity index (χ4v) is 3.17. The molecule has 1 aromatic heterocycles. The zero-order valence-corrected chi connectivity index (χ0v) is 11.9. The molecule has 0 aliphatic heterocycles. The van der Waals surface area contributed by atoms with Gasteiger partial charge in [0, 0.05) is 25.5 Å². The van der Waals surface area contributed by atoms with Crippen LogP contribution in [0.5, 0.6) is 0 Å². The molecule has 3 nitrogen and oxygen atoms in total. The van der Waals surface area contributed by atoms with E-state index in [1.54, 1.807) is 0 Å². The highest BCUT2D eigenvalue weighted by Gasteiger charge is 2.31. The molecule has 0 unspecified atom stereocenters. The SMILES string of the molecule is CCCn1ccnc1CNCC1(CC)CCCC1. The van der Waals surface area contributed by atoms with Crippen LogP contribution in [0.3, 0.4) is 0 Å². The predicted molar refractivity (Wildman–Crippen MR) is 75.4 cm³/mol. The first kappa shape index (κ1) is 13.6. The zero-order valence-electron chi connectivity index (χ0n) is 11.9. The molecule has 2 rings (SSSR count). The summed E-state index contributed by atoms with van der Waals surface area (Å²) in [5, 5.41) is 3.64. The molecule has 1 heterocycles. The Bertz CT molecular complexity index is 350. The van der Waals surface area contributed by atoms with Crippen molar-refractivity contribution in [3.8, 4) is 0 Å². The van der Waals surface area contributed by atoms with Crippen LogP contribution in [-0.2, 0) is 13.1 Å². The summed E-state index contributed by atoms with van der Waals surface area (Å²) in [6.07, 6.45) is 12.1. The Kier molecular flexibility index (Phi) is 4.81. The topological polar surface area (TPSA) is 29.9 Å². The van der Waals surface area contributed by atoms with Crippen molar-refractivity contribution in [1.82, 2.24) is 14.9 Å². The summed E-state index contributed by atoms with van der Waals surface area (Å²) in [7, 11) is 0. The number of nitrogens with one attached hydrogen (secondary N) is 1. The van der Waals surface area contributed by atoms with Gasteiger partial charge >= 0.3 is 0 Å². The monoisotopic (exact) mass is 249 g/mol. The van der Waals surface area contributed by atoms with Crippen LogP contribution < -0.4 is 5.32 Å². The Balaban J connectivity index is 1.82. The second kappa shape index (κ2) is 6.37. The summed E-state index contributed by atoms with van der Waals surface area (Å²) in [6, 6.07) is 0. The van der Waals surface area contributed by atoms with E-state index in [2.05, 4.69) is 34.9 Å². The number of imidazole rings is 1. The Morgan fingerprint density at radius 3 is 2.78 bits per heavy atom. The van der Waals surface area contributed by atoms with Crippen molar-refractivity contribution < 1.29 is 0 Å². The molecule has 0 saturated heterocycles. The molecule has 0 aromatic carbocycles. The highest BCUT2D eigenvalue weighted by Crippen LogP contribution is 2.40. The van der Waals surface area contributed by atoms with Gasteiger partial charge in [-0.05, 0) is 31.1 Å². The molecule has 0 bridgehead atoms. The maximum atomic E-state index is 4.45. The molecule has 0 radical (unpaired) electrons.